The molecule has 4 heteroatoms. The van der Waals surface area contributed by atoms with Gasteiger partial charge in [-0.05, 0) is 0 Å². The molecule has 0 saturated heterocycles. The molecule has 0 aromatic rings. The lowest BCUT2D eigenvalue weighted by Crippen LogP contribution is -2.22. The van der Waals surface area contributed by atoms with Crippen LogP contribution in [0.15, 0.2) is 11.8 Å². The standard InChI is InChI=1S/C6H8O4/c1-6(8)3-4(9-2)5(7)10-6/h3,8H,1-2H3. The highest BCUT2D eigenvalue weighted by atomic mass is 16.7. The Morgan fingerprint density at radius 3 is 2.60 bits per heavy atom. The fraction of sp³-hybridized carbons (Fsp3) is 0.500. The molecule has 0 bridgehead atoms. The minimum Gasteiger partial charge on any atom is -0.490 e. The SMILES string of the molecule is COC1=CC(C)(O)OC1=O. The van der Waals surface area contributed by atoms with Gasteiger partial charge in [0.1, 0.15) is 0 Å². The Labute approximate surface area is 58.1 Å². The third-order valence-electron chi connectivity index (χ3n) is 1.12. The van der Waals surface area contributed by atoms with Crippen molar-refractivity contribution in [3.05, 3.63) is 11.8 Å². The minimum atomic E-state index is -1.50. The number of hydrogen-bond acceptors (Lipinski definition) is 4. The number of cyclic esters (lactones) is 1. The molecule has 4 nitrogen and oxygen atoms in total. The predicted molar refractivity (Wildman–Crippen MR) is 31.8 cm³/mol. The first kappa shape index (κ1) is 7.08. The lowest BCUT2D eigenvalue weighted by atomic mass is 10.3. The second-order valence-electron chi connectivity index (χ2n) is 2.16. The van der Waals surface area contributed by atoms with E-state index in [1.165, 1.54) is 20.1 Å². The van der Waals surface area contributed by atoms with Crippen molar-refractivity contribution >= 4 is 5.97 Å². The second-order valence-corrected chi connectivity index (χ2v) is 2.16. The first-order valence-electron chi connectivity index (χ1n) is 2.78. The Balaban J connectivity index is 2.82. The van der Waals surface area contributed by atoms with Crippen LogP contribution in [0.1, 0.15) is 6.92 Å². The van der Waals surface area contributed by atoms with Gasteiger partial charge >= 0.3 is 5.97 Å². The zero-order chi connectivity index (χ0) is 7.78. The van der Waals surface area contributed by atoms with E-state index in [2.05, 4.69) is 9.47 Å². The molecule has 0 saturated carbocycles. The summed E-state index contributed by atoms with van der Waals surface area (Å²) < 4.78 is 9.04. The van der Waals surface area contributed by atoms with E-state index in [1.54, 1.807) is 0 Å². The molecule has 0 amide bonds. The van der Waals surface area contributed by atoms with E-state index in [0.29, 0.717) is 0 Å². The van der Waals surface area contributed by atoms with Crippen LogP contribution in [0.5, 0.6) is 0 Å². The van der Waals surface area contributed by atoms with Gasteiger partial charge in [0, 0.05) is 13.0 Å². The van der Waals surface area contributed by atoms with Crippen molar-refractivity contribution in [1.29, 1.82) is 0 Å². The third kappa shape index (κ3) is 1.11. The summed E-state index contributed by atoms with van der Waals surface area (Å²) in [5.41, 5.74) is 0. The monoisotopic (exact) mass is 144 g/mol. The van der Waals surface area contributed by atoms with E-state index in [0.717, 1.165) is 0 Å². The molecule has 1 aliphatic heterocycles. The number of aliphatic hydroxyl groups is 1. The number of hydrogen-bond donors (Lipinski definition) is 1. The molecule has 0 spiro atoms. The molecular weight excluding hydrogens is 136 g/mol. The predicted octanol–water partition coefficient (Wildman–Crippen LogP) is -0.218. The largest absolute Gasteiger partial charge is 0.490 e. The zero-order valence-corrected chi connectivity index (χ0v) is 5.75. The first-order valence-corrected chi connectivity index (χ1v) is 2.78. The molecular formula is C6H8O4. The van der Waals surface area contributed by atoms with Crippen LogP contribution in [0.25, 0.3) is 0 Å². The zero-order valence-electron chi connectivity index (χ0n) is 5.75. The maximum atomic E-state index is 10.6. The van der Waals surface area contributed by atoms with E-state index in [4.69, 9.17) is 5.11 Å². The molecule has 0 aromatic carbocycles. The Hall–Kier alpha value is -1.03. The van der Waals surface area contributed by atoms with Crippen molar-refractivity contribution in [3.63, 3.8) is 0 Å². The Kier molecular flexibility index (Phi) is 1.40. The summed E-state index contributed by atoms with van der Waals surface area (Å²) in [5, 5.41) is 9.07. The van der Waals surface area contributed by atoms with Crippen LogP contribution in [0.3, 0.4) is 0 Å². The van der Waals surface area contributed by atoms with Crippen LogP contribution in [-0.4, -0.2) is 24.0 Å². The third-order valence-corrected chi connectivity index (χ3v) is 1.12. The lowest BCUT2D eigenvalue weighted by molar-refractivity contribution is -0.174. The van der Waals surface area contributed by atoms with E-state index in [9.17, 15) is 4.79 Å². The number of rotatable bonds is 1. The highest BCUT2D eigenvalue weighted by molar-refractivity contribution is 5.89. The fourth-order valence-corrected chi connectivity index (χ4v) is 0.712. The Morgan fingerprint density at radius 1 is 1.80 bits per heavy atom. The molecule has 1 unspecified atom stereocenters. The van der Waals surface area contributed by atoms with Gasteiger partial charge in [0.25, 0.3) is 0 Å². The van der Waals surface area contributed by atoms with Crippen LogP contribution in [0.2, 0.25) is 0 Å². The van der Waals surface area contributed by atoms with Crippen molar-refractivity contribution in [2.45, 2.75) is 12.7 Å². The van der Waals surface area contributed by atoms with E-state index in [1.807, 2.05) is 0 Å². The first-order chi connectivity index (χ1) is 4.55. The lowest BCUT2D eigenvalue weighted by Gasteiger charge is -2.10. The number of esters is 1. The van der Waals surface area contributed by atoms with E-state index in [-0.39, 0.29) is 5.76 Å². The topological polar surface area (TPSA) is 55.8 Å². The molecule has 1 aliphatic rings. The van der Waals surface area contributed by atoms with Crippen molar-refractivity contribution in [2.24, 2.45) is 0 Å². The van der Waals surface area contributed by atoms with Gasteiger partial charge in [-0.3, -0.25) is 0 Å². The van der Waals surface area contributed by atoms with Gasteiger partial charge in [0.05, 0.1) is 7.11 Å². The quantitative estimate of drug-likeness (QED) is 0.517. The van der Waals surface area contributed by atoms with Gasteiger partial charge in [-0.2, -0.15) is 0 Å². The number of carbonyl (C=O) groups is 1. The van der Waals surface area contributed by atoms with E-state index >= 15 is 0 Å². The molecule has 1 rings (SSSR count). The molecule has 0 radical (unpaired) electrons. The molecule has 10 heavy (non-hydrogen) atoms. The maximum absolute atomic E-state index is 10.6. The van der Waals surface area contributed by atoms with Gasteiger partial charge < -0.3 is 14.6 Å². The molecule has 1 heterocycles. The van der Waals surface area contributed by atoms with Gasteiger partial charge in [-0.15, -0.1) is 0 Å². The highest BCUT2D eigenvalue weighted by Gasteiger charge is 2.34. The Bertz CT molecular complexity index is 192. The molecule has 56 valence electrons. The van der Waals surface area contributed by atoms with Crippen LogP contribution in [0.4, 0.5) is 0 Å². The normalized spacial score (nSPS) is 31.5. The second kappa shape index (κ2) is 1.98. The molecule has 1 atom stereocenters. The summed E-state index contributed by atoms with van der Waals surface area (Å²) in [6, 6.07) is 0. The Morgan fingerprint density at radius 2 is 2.40 bits per heavy atom. The van der Waals surface area contributed by atoms with Gasteiger partial charge in [0.15, 0.2) is 0 Å². The van der Waals surface area contributed by atoms with Crippen LogP contribution in [0, 0.1) is 0 Å². The van der Waals surface area contributed by atoms with E-state index < -0.39 is 11.8 Å². The van der Waals surface area contributed by atoms with Crippen molar-refractivity contribution in [1.82, 2.24) is 0 Å². The van der Waals surface area contributed by atoms with Crippen LogP contribution >= 0.6 is 0 Å². The van der Waals surface area contributed by atoms with Gasteiger partial charge in [-0.1, -0.05) is 0 Å². The number of methoxy groups -OCH3 is 1. The molecule has 0 aromatic heterocycles. The van der Waals surface area contributed by atoms with Crippen molar-refractivity contribution in [2.75, 3.05) is 7.11 Å². The van der Waals surface area contributed by atoms with Crippen molar-refractivity contribution in [3.8, 4) is 0 Å². The maximum Gasteiger partial charge on any atom is 0.376 e. The summed E-state index contributed by atoms with van der Waals surface area (Å²) >= 11 is 0. The van der Waals surface area contributed by atoms with Gasteiger partial charge in [-0.25, -0.2) is 4.79 Å². The average Bonchev–Trinajstić information content (AvgIpc) is 2.05. The molecule has 0 aliphatic carbocycles. The number of carbonyl (C=O) groups excluding carboxylic acids is 1. The van der Waals surface area contributed by atoms with Crippen LogP contribution in [-0.2, 0) is 14.3 Å². The molecule has 0 fully saturated rings. The highest BCUT2D eigenvalue weighted by Crippen LogP contribution is 2.21. The minimum absolute atomic E-state index is 0.0463. The fourth-order valence-electron chi connectivity index (χ4n) is 0.712. The summed E-state index contributed by atoms with van der Waals surface area (Å²) in [6.45, 7) is 1.36. The smallest absolute Gasteiger partial charge is 0.376 e. The number of ether oxygens (including phenoxy) is 2. The van der Waals surface area contributed by atoms with Crippen LogP contribution < -0.4 is 0 Å². The van der Waals surface area contributed by atoms with Crippen molar-refractivity contribution < 1.29 is 19.4 Å². The average molecular weight is 144 g/mol. The molecule has 1 N–H and O–H groups in total. The summed E-state index contributed by atoms with van der Waals surface area (Å²) in [6.07, 6.45) is 1.22. The van der Waals surface area contributed by atoms with Gasteiger partial charge in [0.2, 0.25) is 11.5 Å². The summed E-state index contributed by atoms with van der Waals surface area (Å²) in [5.74, 6) is -2.08. The summed E-state index contributed by atoms with van der Waals surface area (Å²) in [7, 11) is 1.34. The summed E-state index contributed by atoms with van der Waals surface area (Å²) in [4.78, 5) is 10.6.